The van der Waals surface area contributed by atoms with Crippen LogP contribution in [-0.2, 0) is 9.47 Å². The van der Waals surface area contributed by atoms with Crippen LogP contribution in [0.3, 0.4) is 0 Å². The third-order valence-corrected chi connectivity index (χ3v) is 5.54. The van der Waals surface area contributed by atoms with E-state index in [-0.39, 0.29) is 47.2 Å². The number of hydrogen-bond donors (Lipinski definition) is 0. The normalized spacial score (nSPS) is 12.5. The number of nitrogens with zero attached hydrogens (tertiary/aromatic N) is 2. The Morgan fingerprint density at radius 1 is 0.938 bits per heavy atom. The van der Waals surface area contributed by atoms with Crippen LogP contribution < -0.4 is 0 Å². The molecule has 3 heterocycles. The van der Waals surface area contributed by atoms with E-state index in [0.717, 1.165) is 11.1 Å². The summed E-state index contributed by atoms with van der Waals surface area (Å²) < 4.78 is 11.9. The third-order valence-electron chi connectivity index (χ3n) is 5.54. The lowest BCUT2D eigenvalue weighted by molar-refractivity contribution is 0.0388. The molecule has 0 N–H and O–H groups in total. The van der Waals surface area contributed by atoms with E-state index in [0.29, 0.717) is 11.1 Å². The number of rotatable bonds is 5. The molecular weight excluding hydrogens is 408 g/mol. The number of ketones is 2. The van der Waals surface area contributed by atoms with Crippen molar-refractivity contribution in [2.45, 2.75) is 0 Å². The molecule has 0 spiro atoms. The van der Waals surface area contributed by atoms with Crippen molar-refractivity contribution in [2.75, 3.05) is 20.3 Å². The third kappa shape index (κ3) is 3.02. The first-order chi connectivity index (χ1) is 15.6. The maximum Gasteiger partial charge on any atom is 0.341 e. The van der Waals surface area contributed by atoms with Crippen molar-refractivity contribution < 1.29 is 23.9 Å². The number of aromatic nitrogens is 2. The van der Waals surface area contributed by atoms with Gasteiger partial charge in [0, 0.05) is 36.8 Å². The van der Waals surface area contributed by atoms with Gasteiger partial charge in [0.05, 0.1) is 23.3 Å². The summed E-state index contributed by atoms with van der Waals surface area (Å²) in [5, 5.41) is 0. The first kappa shape index (κ1) is 19.8. The zero-order valence-corrected chi connectivity index (χ0v) is 17.2. The molecular formula is C25H18N2O5. The van der Waals surface area contributed by atoms with Crippen LogP contribution in [0.15, 0.2) is 67.1 Å². The van der Waals surface area contributed by atoms with Gasteiger partial charge < -0.3 is 13.9 Å². The number of esters is 1. The second kappa shape index (κ2) is 7.86. The van der Waals surface area contributed by atoms with E-state index < -0.39 is 5.97 Å². The minimum Gasteiger partial charge on any atom is -0.460 e. The van der Waals surface area contributed by atoms with Gasteiger partial charge in [0.1, 0.15) is 12.3 Å². The van der Waals surface area contributed by atoms with Crippen LogP contribution in [-0.4, -0.2) is 47.2 Å². The highest BCUT2D eigenvalue weighted by Gasteiger charge is 2.38. The number of fused-ring (bicyclic) bond motifs is 4. The molecule has 0 aliphatic heterocycles. The lowest BCUT2D eigenvalue weighted by Crippen LogP contribution is -2.23. The summed E-state index contributed by atoms with van der Waals surface area (Å²) in [7, 11) is 1.50. The van der Waals surface area contributed by atoms with E-state index in [1.54, 1.807) is 53.3 Å². The molecule has 0 unspecified atom stereocenters. The molecule has 7 nitrogen and oxygen atoms in total. The van der Waals surface area contributed by atoms with Gasteiger partial charge >= 0.3 is 5.97 Å². The molecule has 0 atom stereocenters. The number of benzene rings is 1. The summed E-state index contributed by atoms with van der Waals surface area (Å²) in [6, 6.07) is 13.9. The van der Waals surface area contributed by atoms with Gasteiger partial charge in [-0.1, -0.05) is 24.3 Å². The van der Waals surface area contributed by atoms with Crippen LogP contribution in [0, 0.1) is 0 Å². The molecule has 0 radical (unpaired) electrons. The smallest absolute Gasteiger partial charge is 0.341 e. The van der Waals surface area contributed by atoms with E-state index in [2.05, 4.69) is 4.98 Å². The molecule has 1 aliphatic rings. The fourth-order valence-corrected chi connectivity index (χ4v) is 4.06. The van der Waals surface area contributed by atoms with E-state index in [9.17, 15) is 14.4 Å². The quantitative estimate of drug-likeness (QED) is 0.315. The SMILES string of the molecule is COCCOC(=O)c1c2c(n3ccc(-c4ccncc4)cc13)C(=O)c1ccccc1C2=O. The average Bonchev–Trinajstić information content (AvgIpc) is 3.18. The molecule has 1 aromatic carbocycles. The lowest BCUT2D eigenvalue weighted by atomic mass is 9.86. The molecule has 3 aromatic heterocycles. The second-order valence-corrected chi connectivity index (χ2v) is 7.34. The van der Waals surface area contributed by atoms with E-state index in [1.807, 2.05) is 18.2 Å². The van der Waals surface area contributed by atoms with E-state index in [1.165, 1.54) is 7.11 Å². The van der Waals surface area contributed by atoms with Gasteiger partial charge in [-0.25, -0.2) is 4.79 Å². The monoisotopic (exact) mass is 426 g/mol. The standard InChI is InChI=1S/C25H18N2O5/c1-31-12-13-32-25(30)20-19-14-16(15-6-9-26-10-7-15)8-11-27(19)22-21(20)23(28)17-4-2-3-5-18(17)24(22)29/h2-11,14H,12-13H2,1H3. The van der Waals surface area contributed by atoms with Crippen molar-refractivity contribution in [1.29, 1.82) is 0 Å². The highest BCUT2D eigenvalue weighted by atomic mass is 16.6. The average molecular weight is 426 g/mol. The van der Waals surface area contributed by atoms with Crippen LogP contribution in [0.1, 0.15) is 42.3 Å². The predicted molar refractivity (Wildman–Crippen MR) is 116 cm³/mol. The molecule has 0 saturated carbocycles. The summed E-state index contributed by atoms with van der Waals surface area (Å²) in [5.41, 5.74) is 3.07. The molecule has 0 fully saturated rings. The number of pyridine rings is 2. The van der Waals surface area contributed by atoms with Gasteiger partial charge in [0.15, 0.2) is 5.78 Å². The predicted octanol–water partition coefficient (Wildman–Crippen LogP) is 3.58. The Hall–Kier alpha value is -4.10. The molecule has 0 saturated heterocycles. The largest absolute Gasteiger partial charge is 0.460 e. The maximum atomic E-state index is 13.4. The summed E-state index contributed by atoms with van der Waals surface area (Å²) in [6.07, 6.45) is 5.05. The summed E-state index contributed by atoms with van der Waals surface area (Å²) in [6.45, 7) is 0.252. The van der Waals surface area contributed by atoms with Crippen molar-refractivity contribution in [3.05, 3.63) is 95.1 Å². The van der Waals surface area contributed by atoms with Gasteiger partial charge in [-0.2, -0.15) is 0 Å². The molecule has 0 amide bonds. The number of carbonyl (C=O) groups is 3. The number of hydrogen-bond acceptors (Lipinski definition) is 6. The van der Waals surface area contributed by atoms with Gasteiger partial charge in [-0.15, -0.1) is 0 Å². The summed E-state index contributed by atoms with van der Waals surface area (Å²) in [4.78, 5) is 43.9. The highest BCUT2D eigenvalue weighted by Crippen LogP contribution is 2.35. The van der Waals surface area contributed by atoms with Crippen molar-refractivity contribution in [3.63, 3.8) is 0 Å². The van der Waals surface area contributed by atoms with Crippen molar-refractivity contribution in [1.82, 2.24) is 9.38 Å². The van der Waals surface area contributed by atoms with E-state index >= 15 is 0 Å². The molecule has 32 heavy (non-hydrogen) atoms. The van der Waals surface area contributed by atoms with Crippen LogP contribution in [0.4, 0.5) is 0 Å². The molecule has 7 heteroatoms. The molecule has 4 aromatic rings. The Bertz CT molecular complexity index is 1390. The fourth-order valence-electron chi connectivity index (χ4n) is 4.06. The Morgan fingerprint density at radius 3 is 2.38 bits per heavy atom. The summed E-state index contributed by atoms with van der Waals surface area (Å²) >= 11 is 0. The van der Waals surface area contributed by atoms with Crippen molar-refractivity contribution in [3.8, 4) is 11.1 Å². The van der Waals surface area contributed by atoms with Gasteiger partial charge in [-0.3, -0.25) is 14.6 Å². The van der Waals surface area contributed by atoms with Crippen LogP contribution in [0.2, 0.25) is 0 Å². The van der Waals surface area contributed by atoms with Crippen LogP contribution in [0.5, 0.6) is 0 Å². The zero-order valence-electron chi connectivity index (χ0n) is 17.2. The first-order valence-corrected chi connectivity index (χ1v) is 10.0. The first-order valence-electron chi connectivity index (χ1n) is 10.0. The molecule has 1 aliphatic carbocycles. The Morgan fingerprint density at radius 2 is 1.66 bits per heavy atom. The van der Waals surface area contributed by atoms with Gasteiger partial charge in [0.25, 0.3) is 0 Å². The fraction of sp³-hybridized carbons (Fsp3) is 0.120. The second-order valence-electron chi connectivity index (χ2n) is 7.34. The highest BCUT2D eigenvalue weighted by molar-refractivity contribution is 6.31. The van der Waals surface area contributed by atoms with Crippen molar-refractivity contribution in [2.24, 2.45) is 0 Å². The zero-order chi connectivity index (χ0) is 22.2. The topological polar surface area (TPSA) is 87.0 Å². The van der Waals surface area contributed by atoms with Crippen LogP contribution >= 0.6 is 0 Å². The van der Waals surface area contributed by atoms with Crippen molar-refractivity contribution >= 4 is 23.1 Å². The molecule has 0 bridgehead atoms. The molecule has 5 rings (SSSR count). The Kier molecular flexibility index (Phi) is 4.88. The number of carbonyl (C=O) groups excluding carboxylic acids is 3. The molecule has 158 valence electrons. The Labute approximate surface area is 183 Å². The lowest BCUT2D eigenvalue weighted by Gasteiger charge is -2.15. The van der Waals surface area contributed by atoms with Gasteiger partial charge in [-0.05, 0) is 35.4 Å². The van der Waals surface area contributed by atoms with E-state index in [4.69, 9.17) is 9.47 Å². The minimum absolute atomic E-state index is 0.0320. The minimum atomic E-state index is -0.673. The number of methoxy groups -OCH3 is 1. The maximum absolute atomic E-state index is 13.4. The van der Waals surface area contributed by atoms with Crippen LogP contribution in [0.25, 0.3) is 16.6 Å². The Balaban J connectivity index is 1.77. The summed E-state index contributed by atoms with van der Waals surface area (Å²) in [5.74, 6) is -1.35. The number of ether oxygens (including phenoxy) is 2. The van der Waals surface area contributed by atoms with Gasteiger partial charge in [0.2, 0.25) is 5.78 Å².